The lowest BCUT2D eigenvalue weighted by Gasteiger charge is -2.30. The predicted molar refractivity (Wildman–Crippen MR) is 122 cm³/mol. The van der Waals surface area contributed by atoms with Gasteiger partial charge in [-0.1, -0.05) is 41.4 Å². The van der Waals surface area contributed by atoms with Crippen LogP contribution in [0.5, 0.6) is 5.75 Å². The fraction of sp³-hybridized carbons (Fsp3) is 0.208. The molecule has 0 amide bonds. The van der Waals surface area contributed by atoms with Crippen LogP contribution in [0.15, 0.2) is 85.7 Å². The average molecular weight is 470 g/mol. The van der Waals surface area contributed by atoms with Gasteiger partial charge in [0.15, 0.2) is 0 Å². The van der Waals surface area contributed by atoms with Crippen LogP contribution in [0.2, 0.25) is 10.0 Å². The van der Waals surface area contributed by atoms with Crippen molar-refractivity contribution in [3.05, 3.63) is 101 Å². The summed E-state index contributed by atoms with van der Waals surface area (Å²) in [5.41, 5.74) is 1.68. The molecule has 2 aromatic heterocycles. The Morgan fingerprint density at radius 2 is 1.91 bits per heavy atom. The topological polar surface area (TPSA) is 50.4 Å². The number of benzene rings is 2. The van der Waals surface area contributed by atoms with Gasteiger partial charge in [0, 0.05) is 35.4 Å². The number of nitrogens with zero attached hydrogens (tertiary/aromatic N) is 3. The van der Waals surface area contributed by atoms with E-state index in [4.69, 9.17) is 37.4 Å². The van der Waals surface area contributed by atoms with E-state index in [1.807, 2.05) is 70.2 Å². The molecule has 1 aliphatic rings. The van der Waals surface area contributed by atoms with Crippen LogP contribution < -0.4 is 4.74 Å². The molecule has 0 bridgehead atoms. The number of ether oxygens (including phenoxy) is 3. The van der Waals surface area contributed by atoms with E-state index >= 15 is 0 Å². The maximum atomic E-state index is 6.53. The second kappa shape index (κ2) is 9.00. The van der Waals surface area contributed by atoms with E-state index in [1.165, 1.54) is 0 Å². The van der Waals surface area contributed by atoms with Gasteiger partial charge in [-0.3, -0.25) is 0 Å². The van der Waals surface area contributed by atoms with Crippen molar-refractivity contribution in [2.75, 3.05) is 13.2 Å². The zero-order valence-electron chi connectivity index (χ0n) is 17.1. The molecule has 0 N–H and O–H groups in total. The van der Waals surface area contributed by atoms with Gasteiger partial charge in [-0.15, -0.1) is 0 Å². The highest BCUT2D eigenvalue weighted by atomic mass is 35.5. The second-order valence-corrected chi connectivity index (χ2v) is 8.38. The minimum absolute atomic E-state index is 0.289. The van der Waals surface area contributed by atoms with Crippen molar-refractivity contribution >= 4 is 23.2 Å². The summed E-state index contributed by atoms with van der Waals surface area (Å²) in [7, 11) is 0. The number of rotatable bonds is 7. The molecule has 8 heteroatoms. The van der Waals surface area contributed by atoms with E-state index < -0.39 is 5.79 Å². The number of imidazole rings is 1. The summed E-state index contributed by atoms with van der Waals surface area (Å²) in [6.45, 7) is 1.08. The Morgan fingerprint density at radius 1 is 1.06 bits per heavy atom. The zero-order chi connectivity index (χ0) is 22.0. The fourth-order valence-corrected chi connectivity index (χ4v) is 4.40. The first kappa shape index (κ1) is 21.1. The molecule has 1 saturated heterocycles. The zero-order valence-corrected chi connectivity index (χ0v) is 18.6. The molecule has 164 valence electrons. The number of hydrogen-bond acceptors (Lipinski definition) is 4. The van der Waals surface area contributed by atoms with E-state index in [2.05, 4.69) is 4.98 Å². The quantitative estimate of drug-likeness (QED) is 0.367. The predicted octanol–water partition coefficient (Wildman–Crippen LogP) is 5.33. The third kappa shape index (κ3) is 4.27. The van der Waals surface area contributed by atoms with Crippen LogP contribution in [0, 0.1) is 0 Å². The molecule has 2 unspecified atom stereocenters. The third-order valence-electron chi connectivity index (χ3n) is 5.32. The molecule has 6 nitrogen and oxygen atoms in total. The SMILES string of the molecule is Clc1ccc(C2(Cn3ccnc3)OCC(COc3ccccc3-n3cccc3)O2)c(Cl)c1. The Labute approximate surface area is 195 Å². The molecule has 0 spiro atoms. The Kier molecular flexibility index (Phi) is 5.93. The van der Waals surface area contributed by atoms with Crippen LogP contribution >= 0.6 is 23.2 Å². The lowest BCUT2D eigenvalue weighted by Crippen LogP contribution is -2.34. The van der Waals surface area contributed by atoms with Gasteiger partial charge in [0.1, 0.15) is 18.5 Å². The molecule has 2 aromatic carbocycles. The van der Waals surface area contributed by atoms with E-state index in [9.17, 15) is 0 Å². The lowest BCUT2D eigenvalue weighted by atomic mass is 10.1. The molecule has 5 rings (SSSR count). The summed E-state index contributed by atoms with van der Waals surface area (Å²) < 4.78 is 22.8. The van der Waals surface area contributed by atoms with Gasteiger partial charge in [0.05, 0.1) is 30.2 Å². The maximum Gasteiger partial charge on any atom is 0.215 e. The van der Waals surface area contributed by atoms with Gasteiger partial charge >= 0.3 is 0 Å². The highest BCUT2D eigenvalue weighted by Crippen LogP contribution is 2.40. The Balaban J connectivity index is 1.37. The number of para-hydroxylation sites is 2. The van der Waals surface area contributed by atoms with E-state index in [1.54, 1.807) is 24.7 Å². The van der Waals surface area contributed by atoms with Gasteiger partial charge in [-0.05, 0) is 36.4 Å². The van der Waals surface area contributed by atoms with E-state index in [-0.39, 0.29) is 6.10 Å². The lowest BCUT2D eigenvalue weighted by molar-refractivity contribution is -0.189. The van der Waals surface area contributed by atoms with Crippen molar-refractivity contribution < 1.29 is 14.2 Å². The Morgan fingerprint density at radius 3 is 2.69 bits per heavy atom. The smallest absolute Gasteiger partial charge is 0.215 e. The monoisotopic (exact) mass is 469 g/mol. The second-order valence-electron chi connectivity index (χ2n) is 7.53. The number of halogens is 2. The van der Waals surface area contributed by atoms with Crippen LogP contribution in [0.1, 0.15) is 5.56 Å². The average Bonchev–Trinajstić information content (AvgIpc) is 3.56. The first-order valence-corrected chi connectivity index (χ1v) is 11.0. The highest BCUT2D eigenvalue weighted by Gasteiger charge is 2.45. The Hall–Kier alpha value is -2.77. The summed E-state index contributed by atoms with van der Waals surface area (Å²) in [5, 5.41) is 1.04. The molecule has 32 heavy (non-hydrogen) atoms. The normalized spacial score (nSPS) is 20.5. The standard InChI is InChI=1S/C24H21Cl2N3O3/c25-18-7-8-20(21(26)13-18)24(16-28-12-9-27-17-28)31-15-19(32-24)14-30-23-6-2-1-5-22(23)29-10-3-4-11-29/h1-13,17,19H,14-16H2. The van der Waals surface area contributed by atoms with Crippen LogP contribution in [0.3, 0.4) is 0 Å². The summed E-state index contributed by atoms with van der Waals surface area (Å²) in [6.07, 6.45) is 8.96. The first-order chi connectivity index (χ1) is 15.6. The van der Waals surface area contributed by atoms with Gasteiger partial charge in [0.25, 0.3) is 0 Å². The van der Waals surface area contributed by atoms with Gasteiger partial charge in [0.2, 0.25) is 5.79 Å². The fourth-order valence-electron chi connectivity index (χ4n) is 3.85. The molecular formula is C24H21Cl2N3O3. The van der Waals surface area contributed by atoms with E-state index in [0.717, 1.165) is 11.4 Å². The maximum absolute atomic E-state index is 6.53. The molecule has 4 aromatic rings. The minimum atomic E-state index is -1.07. The third-order valence-corrected chi connectivity index (χ3v) is 5.87. The van der Waals surface area contributed by atoms with Crippen molar-refractivity contribution in [2.24, 2.45) is 0 Å². The van der Waals surface area contributed by atoms with Crippen molar-refractivity contribution in [1.29, 1.82) is 0 Å². The number of aromatic nitrogens is 3. The molecule has 0 radical (unpaired) electrons. The van der Waals surface area contributed by atoms with Gasteiger partial charge in [-0.25, -0.2) is 4.98 Å². The minimum Gasteiger partial charge on any atom is -0.489 e. The molecule has 0 saturated carbocycles. The van der Waals surface area contributed by atoms with Crippen molar-refractivity contribution in [1.82, 2.24) is 14.1 Å². The van der Waals surface area contributed by atoms with Crippen molar-refractivity contribution in [3.63, 3.8) is 0 Å². The molecule has 0 aliphatic carbocycles. The Bertz CT molecular complexity index is 1180. The summed E-state index contributed by atoms with van der Waals surface area (Å²) in [6, 6.07) is 17.2. The molecule has 1 aliphatic heterocycles. The molecule has 3 heterocycles. The van der Waals surface area contributed by atoms with Crippen LogP contribution in [0.4, 0.5) is 0 Å². The van der Waals surface area contributed by atoms with Gasteiger partial charge < -0.3 is 23.3 Å². The molecule has 2 atom stereocenters. The molecular weight excluding hydrogens is 449 g/mol. The molecule has 1 fully saturated rings. The van der Waals surface area contributed by atoms with Crippen molar-refractivity contribution in [3.8, 4) is 11.4 Å². The summed E-state index contributed by atoms with van der Waals surface area (Å²) in [5.74, 6) is -0.306. The summed E-state index contributed by atoms with van der Waals surface area (Å²) >= 11 is 12.6. The summed E-state index contributed by atoms with van der Waals surface area (Å²) in [4.78, 5) is 4.13. The van der Waals surface area contributed by atoms with Crippen LogP contribution in [-0.2, 0) is 21.8 Å². The first-order valence-electron chi connectivity index (χ1n) is 10.2. The van der Waals surface area contributed by atoms with Gasteiger partial charge in [-0.2, -0.15) is 0 Å². The van der Waals surface area contributed by atoms with E-state index in [0.29, 0.717) is 35.4 Å². The highest BCUT2D eigenvalue weighted by molar-refractivity contribution is 6.35. The van der Waals surface area contributed by atoms with Crippen molar-refractivity contribution in [2.45, 2.75) is 18.4 Å². The number of hydrogen-bond donors (Lipinski definition) is 0. The van der Waals surface area contributed by atoms with Crippen LogP contribution in [0.25, 0.3) is 5.69 Å². The largest absolute Gasteiger partial charge is 0.489 e. The van der Waals surface area contributed by atoms with Crippen LogP contribution in [-0.4, -0.2) is 33.4 Å².